The van der Waals surface area contributed by atoms with Gasteiger partial charge in [-0.1, -0.05) is 18.2 Å². The lowest BCUT2D eigenvalue weighted by Gasteiger charge is -2.17. The molecule has 0 fully saturated rings. The van der Waals surface area contributed by atoms with Crippen LogP contribution in [-0.4, -0.2) is 18.5 Å². The molecule has 1 heterocycles. The van der Waals surface area contributed by atoms with E-state index in [9.17, 15) is 14.0 Å². The normalized spacial score (nSPS) is 20.8. The van der Waals surface area contributed by atoms with Gasteiger partial charge in [0.15, 0.2) is 0 Å². The molecule has 5 heteroatoms. The summed E-state index contributed by atoms with van der Waals surface area (Å²) in [5.74, 6) is -0.958. The Kier molecular flexibility index (Phi) is 3.83. The van der Waals surface area contributed by atoms with E-state index >= 15 is 0 Å². The van der Waals surface area contributed by atoms with E-state index in [1.807, 2.05) is 0 Å². The maximum absolute atomic E-state index is 14.8. The number of rotatable bonds is 5. The summed E-state index contributed by atoms with van der Waals surface area (Å²) >= 11 is 0. The van der Waals surface area contributed by atoms with E-state index in [1.54, 1.807) is 24.3 Å². The minimum Gasteiger partial charge on any atom is -0.466 e. The number of esters is 1. The molecule has 19 heavy (non-hydrogen) atoms. The lowest BCUT2D eigenvalue weighted by molar-refractivity contribution is -0.141. The molecule has 102 valence electrons. The van der Waals surface area contributed by atoms with Crippen LogP contribution in [0.3, 0.4) is 0 Å². The van der Waals surface area contributed by atoms with E-state index in [-0.39, 0.29) is 19.0 Å². The Balaban J connectivity index is 1.95. The van der Waals surface area contributed by atoms with E-state index < -0.39 is 11.6 Å². The number of ether oxygens (including phenoxy) is 1. The molecule has 1 aromatic carbocycles. The Morgan fingerprint density at radius 1 is 1.37 bits per heavy atom. The van der Waals surface area contributed by atoms with Gasteiger partial charge in [-0.25, -0.2) is 4.39 Å². The molecule has 0 bridgehead atoms. The van der Waals surface area contributed by atoms with Crippen molar-refractivity contribution in [2.75, 3.05) is 11.9 Å². The number of fused-ring (bicyclic) bond motifs is 1. The van der Waals surface area contributed by atoms with Crippen LogP contribution in [-0.2, 0) is 20.0 Å². The third kappa shape index (κ3) is 2.75. The number of benzene rings is 1. The standard InChI is InChI=1S/C14H16FNO3/c1-10(17)19-9-5-4-8-14(15)11-6-2-3-7-12(11)16-13(14)18/h2-3,6-7H,4-5,8-9H2,1H3,(H,16,18). The van der Waals surface area contributed by atoms with E-state index in [0.717, 1.165) is 0 Å². The first-order valence-corrected chi connectivity index (χ1v) is 6.27. The van der Waals surface area contributed by atoms with E-state index in [0.29, 0.717) is 24.1 Å². The number of carbonyl (C=O) groups excluding carboxylic acids is 2. The monoisotopic (exact) mass is 265 g/mol. The van der Waals surface area contributed by atoms with Gasteiger partial charge in [-0.05, 0) is 25.3 Å². The average molecular weight is 265 g/mol. The van der Waals surface area contributed by atoms with Gasteiger partial charge in [-0.2, -0.15) is 0 Å². The third-order valence-electron chi connectivity index (χ3n) is 3.18. The fourth-order valence-corrected chi connectivity index (χ4v) is 2.22. The van der Waals surface area contributed by atoms with Gasteiger partial charge < -0.3 is 10.1 Å². The fourth-order valence-electron chi connectivity index (χ4n) is 2.22. The van der Waals surface area contributed by atoms with Crippen LogP contribution in [0, 0.1) is 0 Å². The first-order chi connectivity index (χ1) is 9.04. The molecule has 0 aliphatic carbocycles. The van der Waals surface area contributed by atoms with Crippen molar-refractivity contribution in [1.29, 1.82) is 0 Å². The summed E-state index contributed by atoms with van der Waals surface area (Å²) in [5, 5.41) is 2.55. The summed E-state index contributed by atoms with van der Waals surface area (Å²) in [6.07, 6.45) is 1.11. The molecule has 2 rings (SSSR count). The van der Waals surface area contributed by atoms with Gasteiger partial charge in [0.05, 0.1) is 6.61 Å². The zero-order valence-electron chi connectivity index (χ0n) is 10.7. The van der Waals surface area contributed by atoms with Crippen LogP contribution >= 0.6 is 0 Å². The molecule has 1 atom stereocenters. The summed E-state index contributed by atoms with van der Waals surface area (Å²) in [7, 11) is 0. The maximum Gasteiger partial charge on any atom is 0.302 e. The number of alkyl halides is 1. The number of amides is 1. The van der Waals surface area contributed by atoms with Gasteiger partial charge in [-0.3, -0.25) is 9.59 Å². The van der Waals surface area contributed by atoms with Gasteiger partial charge in [0, 0.05) is 18.2 Å². The topological polar surface area (TPSA) is 55.4 Å². The van der Waals surface area contributed by atoms with Crippen molar-refractivity contribution < 1.29 is 18.7 Å². The van der Waals surface area contributed by atoms with Crippen molar-refractivity contribution in [2.45, 2.75) is 31.9 Å². The van der Waals surface area contributed by atoms with Crippen LogP contribution < -0.4 is 5.32 Å². The highest BCUT2D eigenvalue weighted by Crippen LogP contribution is 2.42. The summed E-state index contributed by atoms with van der Waals surface area (Å²) in [6.45, 7) is 1.59. The van der Waals surface area contributed by atoms with Gasteiger partial charge in [-0.15, -0.1) is 0 Å². The SMILES string of the molecule is CC(=O)OCCCCC1(F)C(=O)Nc2ccccc21. The Morgan fingerprint density at radius 3 is 2.84 bits per heavy atom. The predicted molar refractivity (Wildman–Crippen MR) is 68.3 cm³/mol. The summed E-state index contributed by atoms with van der Waals surface area (Å²) < 4.78 is 19.5. The molecule has 0 aromatic heterocycles. The van der Waals surface area contributed by atoms with E-state index in [4.69, 9.17) is 4.74 Å². The molecule has 0 saturated heterocycles. The second-order valence-corrected chi connectivity index (χ2v) is 4.60. The lowest BCUT2D eigenvalue weighted by atomic mass is 9.92. The molecule has 0 radical (unpaired) electrons. The molecule has 0 saturated carbocycles. The van der Waals surface area contributed by atoms with Crippen molar-refractivity contribution in [2.24, 2.45) is 0 Å². The highest BCUT2D eigenvalue weighted by molar-refractivity contribution is 6.04. The fraction of sp³-hybridized carbons (Fsp3) is 0.429. The number of halogens is 1. The average Bonchev–Trinajstić information content (AvgIpc) is 2.62. The first kappa shape index (κ1) is 13.5. The first-order valence-electron chi connectivity index (χ1n) is 6.27. The Morgan fingerprint density at radius 2 is 2.11 bits per heavy atom. The summed E-state index contributed by atoms with van der Waals surface area (Å²) in [6, 6.07) is 6.78. The van der Waals surface area contributed by atoms with Crippen LogP contribution in [0.4, 0.5) is 10.1 Å². The number of carbonyl (C=O) groups is 2. The molecular weight excluding hydrogens is 249 g/mol. The van der Waals surface area contributed by atoms with Crippen molar-refractivity contribution >= 4 is 17.6 Å². The van der Waals surface area contributed by atoms with Gasteiger partial charge in [0.1, 0.15) is 0 Å². The van der Waals surface area contributed by atoms with Crippen LogP contribution in [0.1, 0.15) is 31.7 Å². The molecule has 4 nitrogen and oxygen atoms in total. The van der Waals surface area contributed by atoms with Crippen LogP contribution in [0.2, 0.25) is 0 Å². The van der Waals surface area contributed by atoms with Crippen LogP contribution in [0.25, 0.3) is 0 Å². The Labute approximate surface area is 110 Å². The minimum atomic E-state index is -1.97. The molecule has 0 spiro atoms. The van der Waals surface area contributed by atoms with Crippen molar-refractivity contribution in [3.63, 3.8) is 0 Å². The van der Waals surface area contributed by atoms with Crippen LogP contribution in [0.5, 0.6) is 0 Å². The summed E-state index contributed by atoms with van der Waals surface area (Å²) in [4.78, 5) is 22.3. The molecule has 1 aliphatic rings. The number of nitrogens with one attached hydrogen (secondary N) is 1. The quantitative estimate of drug-likeness (QED) is 0.657. The predicted octanol–water partition coefficient (Wildman–Crippen LogP) is 2.54. The largest absolute Gasteiger partial charge is 0.466 e. The van der Waals surface area contributed by atoms with Crippen molar-refractivity contribution in [3.05, 3.63) is 29.8 Å². The number of unbranched alkanes of at least 4 members (excludes halogenated alkanes) is 1. The molecule has 1 aliphatic heterocycles. The summed E-state index contributed by atoms with van der Waals surface area (Å²) in [5.41, 5.74) is -1.03. The highest BCUT2D eigenvalue weighted by atomic mass is 19.1. The Hall–Kier alpha value is -1.91. The van der Waals surface area contributed by atoms with E-state index in [2.05, 4.69) is 5.32 Å². The second-order valence-electron chi connectivity index (χ2n) is 4.60. The minimum absolute atomic E-state index is 0.0944. The zero-order valence-corrected chi connectivity index (χ0v) is 10.7. The molecule has 1 unspecified atom stereocenters. The van der Waals surface area contributed by atoms with Crippen molar-refractivity contribution in [3.8, 4) is 0 Å². The van der Waals surface area contributed by atoms with E-state index in [1.165, 1.54) is 6.92 Å². The molecule has 1 amide bonds. The van der Waals surface area contributed by atoms with Gasteiger partial charge >= 0.3 is 5.97 Å². The molecular formula is C14H16FNO3. The van der Waals surface area contributed by atoms with Gasteiger partial charge in [0.25, 0.3) is 5.91 Å². The third-order valence-corrected chi connectivity index (χ3v) is 3.18. The van der Waals surface area contributed by atoms with Crippen LogP contribution in [0.15, 0.2) is 24.3 Å². The number of anilines is 1. The van der Waals surface area contributed by atoms with Gasteiger partial charge in [0.2, 0.25) is 5.67 Å². The number of hydrogen-bond acceptors (Lipinski definition) is 3. The molecule has 1 N–H and O–H groups in total. The van der Waals surface area contributed by atoms with Crippen molar-refractivity contribution in [1.82, 2.24) is 0 Å². The second kappa shape index (κ2) is 5.38. The smallest absolute Gasteiger partial charge is 0.302 e. The Bertz CT molecular complexity index is 503. The lowest BCUT2D eigenvalue weighted by Crippen LogP contribution is -2.29. The number of para-hydroxylation sites is 1. The highest BCUT2D eigenvalue weighted by Gasteiger charge is 2.46. The zero-order chi connectivity index (χ0) is 13.9. The maximum atomic E-state index is 14.8. The number of hydrogen-bond donors (Lipinski definition) is 1. The molecule has 1 aromatic rings.